The zero-order chi connectivity index (χ0) is 13.6. The number of alkyl halides is 3. The van der Waals surface area contributed by atoms with Gasteiger partial charge in [0, 0.05) is 26.2 Å². The zero-order valence-electron chi connectivity index (χ0n) is 10.7. The summed E-state index contributed by atoms with van der Waals surface area (Å²) >= 11 is 0. The van der Waals surface area contributed by atoms with Gasteiger partial charge in [0.1, 0.15) is 6.61 Å². The van der Waals surface area contributed by atoms with Crippen LogP contribution in [0.4, 0.5) is 13.2 Å². The Morgan fingerprint density at radius 3 is 2.72 bits per heavy atom. The molecule has 0 amide bonds. The molecule has 2 unspecified atom stereocenters. The highest BCUT2D eigenvalue weighted by Crippen LogP contribution is 2.20. The summed E-state index contributed by atoms with van der Waals surface area (Å²) in [5.74, 6) is 0.287. The summed E-state index contributed by atoms with van der Waals surface area (Å²) in [6.07, 6.45) is -2.18. The van der Waals surface area contributed by atoms with Gasteiger partial charge in [-0.1, -0.05) is 6.92 Å². The van der Waals surface area contributed by atoms with Crippen molar-refractivity contribution in [3.05, 3.63) is 0 Å². The number of piperidine rings is 1. The molecule has 0 aromatic heterocycles. The van der Waals surface area contributed by atoms with Crippen LogP contribution >= 0.6 is 0 Å². The second kappa shape index (κ2) is 7.31. The van der Waals surface area contributed by atoms with Gasteiger partial charge in [-0.15, -0.1) is 0 Å². The van der Waals surface area contributed by atoms with Gasteiger partial charge in [0.05, 0.1) is 6.10 Å². The first-order valence-electron chi connectivity index (χ1n) is 6.47. The van der Waals surface area contributed by atoms with Crippen molar-refractivity contribution in [2.24, 2.45) is 5.92 Å². The van der Waals surface area contributed by atoms with E-state index in [9.17, 15) is 18.3 Å². The van der Waals surface area contributed by atoms with E-state index in [1.54, 1.807) is 0 Å². The van der Waals surface area contributed by atoms with Crippen LogP contribution in [0, 0.1) is 5.92 Å². The maximum Gasteiger partial charge on any atom is 0.411 e. The third-order valence-electron chi connectivity index (χ3n) is 3.33. The normalized spacial score (nSPS) is 26.5. The molecule has 1 aliphatic rings. The van der Waals surface area contributed by atoms with Crippen molar-refractivity contribution in [3.63, 3.8) is 0 Å². The predicted molar refractivity (Wildman–Crippen MR) is 62.3 cm³/mol. The molecule has 1 aliphatic heterocycles. The highest BCUT2D eigenvalue weighted by Gasteiger charge is 2.28. The Balaban J connectivity index is 2.09. The van der Waals surface area contributed by atoms with Crippen LogP contribution < -0.4 is 0 Å². The van der Waals surface area contributed by atoms with Gasteiger partial charge in [-0.3, -0.25) is 0 Å². The van der Waals surface area contributed by atoms with Gasteiger partial charge in [0.25, 0.3) is 0 Å². The van der Waals surface area contributed by atoms with Crippen LogP contribution in [-0.2, 0) is 4.74 Å². The number of hydrogen-bond acceptors (Lipinski definition) is 3. The Hall–Kier alpha value is -0.330. The van der Waals surface area contributed by atoms with Crippen molar-refractivity contribution < 1.29 is 23.0 Å². The van der Waals surface area contributed by atoms with E-state index < -0.39 is 12.8 Å². The molecule has 1 rings (SSSR count). The van der Waals surface area contributed by atoms with Gasteiger partial charge in [-0.2, -0.15) is 13.2 Å². The second-order valence-electron chi connectivity index (χ2n) is 4.85. The number of likely N-dealkylation sites (tertiary alicyclic amines) is 1. The highest BCUT2D eigenvalue weighted by molar-refractivity contribution is 4.78. The molecule has 2 atom stereocenters. The molecule has 6 heteroatoms. The van der Waals surface area contributed by atoms with Gasteiger partial charge in [0.15, 0.2) is 0 Å². The first-order valence-corrected chi connectivity index (χ1v) is 6.47. The number of rotatable bonds is 6. The third kappa shape index (κ3) is 6.02. The molecule has 0 bridgehead atoms. The van der Waals surface area contributed by atoms with E-state index in [4.69, 9.17) is 0 Å². The largest absolute Gasteiger partial charge is 0.411 e. The van der Waals surface area contributed by atoms with Gasteiger partial charge in [0.2, 0.25) is 0 Å². The van der Waals surface area contributed by atoms with E-state index in [0.29, 0.717) is 6.42 Å². The Kier molecular flexibility index (Phi) is 6.38. The molecule has 18 heavy (non-hydrogen) atoms. The number of hydrogen-bond donors (Lipinski definition) is 1. The molecule has 0 spiro atoms. The number of ether oxygens (including phenoxy) is 1. The van der Waals surface area contributed by atoms with Crippen LogP contribution in [0.1, 0.15) is 26.2 Å². The minimum Gasteiger partial charge on any atom is -0.393 e. The summed E-state index contributed by atoms with van der Waals surface area (Å²) in [6, 6.07) is 0. The monoisotopic (exact) mass is 269 g/mol. The summed E-state index contributed by atoms with van der Waals surface area (Å²) in [5.41, 5.74) is 0. The van der Waals surface area contributed by atoms with Gasteiger partial charge < -0.3 is 14.7 Å². The molecule has 0 aliphatic carbocycles. The van der Waals surface area contributed by atoms with Crippen molar-refractivity contribution in [3.8, 4) is 0 Å². The van der Waals surface area contributed by atoms with E-state index in [2.05, 4.69) is 9.64 Å². The second-order valence-corrected chi connectivity index (χ2v) is 4.85. The van der Waals surface area contributed by atoms with E-state index >= 15 is 0 Å². The number of aliphatic hydroxyl groups is 1. The Bertz CT molecular complexity index is 236. The summed E-state index contributed by atoms with van der Waals surface area (Å²) < 4.78 is 40.0. The molecule has 1 N–H and O–H groups in total. The molecular formula is C12H22F3NO2. The molecule has 1 fully saturated rings. The third-order valence-corrected chi connectivity index (χ3v) is 3.33. The molecule has 3 nitrogen and oxygen atoms in total. The van der Waals surface area contributed by atoms with Gasteiger partial charge in [-0.25, -0.2) is 0 Å². The molecule has 108 valence electrons. The lowest BCUT2D eigenvalue weighted by Gasteiger charge is -2.35. The standard InChI is InChI=1S/C12H22F3NO2/c1-2-10-8-16(6-4-11(10)17)5-3-7-18-9-12(13,14)15/h10-11,17H,2-9H2,1H3. The van der Waals surface area contributed by atoms with Crippen LogP contribution in [0.2, 0.25) is 0 Å². The van der Waals surface area contributed by atoms with E-state index in [0.717, 1.165) is 32.5 Å². The van der Waals surface area contributed by atoms with Crippen LogP contribution in [0.15, 0.2) is 0 Å². The minimum absolute atomic E-state index is 0.134. The number of nitrogens with zero attached hydrogens (tertiary/aromatic N) is 1. The van der Waals surface area contributed by atoms with E-state index in [-0.39, 0.29) is 18.6 Å². The zero-order valence-corrected chi connectivity index (χ0v) is 10.7. The lowest BCUT2D eigenvalue weighted by molar-refractivity contribution is -0.174. The Morgan fingerprint density at radius 2 is 2.11 bits per heavy atom. The molecule has 1 saturated heterocycles. The lowest BCUT2D eigenvalue weighted by Crippen LogP contribution is -2.43. The number of halogens is 3. The Labute approximate surface area is 106 Å². The summed E-state index contributed by atoms with van der Waals surface area (Å²) in [6.45, 7) is 3.40. The van der Waals surface area contributed by atoms with Crippen LogP contribution in [0.25, 0.3) is 0 Å². The van der Waals surface area contributed by atoms with Crippen molar-refractivity contribution >= 4 is 0 Å². The fraction of sp³-hybridized carbons (Fsp3) is 1.00. The SMILES string of the molecule is CCC1CN(CCCOCC(F)(F)F)CCC1O. The maximum absolute atomic E-state index is 11.8. The molecular weight excluding hydrogens is 247 g/mol. The topological polar surface area (TPSA) is 32.7 Å². The summed E-state index contributed by atoms with van der Waals surface area (Å²) in [5, 5.41) is 9.71. The first kappa shape index (κ1) is 15.7. The summed E-state index contributed by atoms with van der Waals surface area (Å²) in [4.78, 5) is 2.19. The highest BCUT2D eigenvalue weighted by atomic mass is 19.4. The van der Waals surface area contributed by atoms with Crippen molar-refractivity contribution in [2.45, 2.75) is 38.5 Å². The smallest absolute Gasteiger partial charge is 0.393 e. The van der Waals surface area contributed by atoms with Crippen LogP contribution in [-0.4, -0.2) is 55.1 Å². The fourth-order valence-corrected chi connectivity index (χ4v) is 2.28. The van der Waals surface area contributed by atoms with Crippen molar-refractivity contribution in [1.82, 2.24) is 4.90 Å². The average molecular weight is 269 g/mol. The number of aliphatic hydroxyl groups excluding tert-OH is 1. The van der Waals surface area contributed by atoms with Crippen LogP contribution in [0.3, 0.4) is 0 Å². The van der Waals surface area contributed by atoms with E-state index in [1.165, 1.54) is 0 Å². The van der Waals surface area contributed by atoms with Gasteiger partial charge in [-0.05, 0) is 25.2 Å². The van der Waals surface area contributed by atoms with Crippen molar-refractivity contribution in [2.75, 3.05) is 32.8 Å². The molecule has 1 heterocycles. The minimum atomic E-state index is -4.23. The maximum atomic E-state index is 11.8. The average Bonchev–Trinajstić information content (AvgIpc) is 2.29. The molecule has 0 aromatic rings. The Morgan fingerprint density at radius 1 is 1.39 bits per heavy atom. The molecule has 0 saturated carbocycles. The van der Waals surface area contributed by atoms with Crippen molar-refractivity contribution in [1.29, 1.82) is 0 Å². The lowest BCUT2D eigenvalue weighted by atomic mass is 9.92. The quantitative estimate of drug-likeness (QED) is 0.749. The van der Waals surface area contributed by atoms with E-state index in [1.807, 2.05) is 6.92 Å². The molecule has 0 radical (unpaired) electrons. The first-order chi connectivity index (χ1) is 8.42. The van der Waals surface area contributed by atoms with Gasteiger partial charge >= 0.3 is 6.18 Å². The van der Waals surface area contributed by atoms with Crippen LogP contribution in [0.5, 0.6) is 0 Å². The fourth-order valence-electron chi connectivity index (χ4n) is 2.28. The molecule has 0 aromatic carbocycles. The summed E-state index contributed by atoms with van der Waals surface area (Å²) in [7, 11) is 0. The predicted octanol–water partition coefficient (Wildman–Crippen LogP) is 2.05.